The minimum Gasteiger partial charge on any atom is -0.478 e. The van der Waals surface area contributed by atoms with Crippen LogP contribution in [0, 0.1) is 13.8 Å². The van der Waals surface area contributed by atoms with E-state index in [9.17, 15) is 4.79 Å². The molecule has 3 nitrogen and oxygen atoms in total. The smallest absolute Gasteiger partial charge is 0.328 e. The molecule has 0 aliphatic carbocycles. The van der Waals surface area contributed by atoms with Crippen LogP contribution in [0.2, 0.25) is 5.02 Å². The predicted octanol–water partition coefficient (Wildman–Crippen LogP) is 4.85. The molecule has 0 atom stereocenters. The van der Waals surface area contributed by atoms with Crippen LogP contribution in [0.5, 0.6) is 11.5 Å². The van der Waals surface area contributed by atoms with Crippen molar-refractivity contribution in [2.24, 2.45) is 0 Å². The Bertz CT molecular complexity index is 705. The molecule has 0 fully saturated rings. The predicted molar refractivity (Wildman–Crippen MR) is 84.1 cm³/mol. The molecule has 2 aromatic carbocycles. The number of carbonyl (C=O) groups is 1. The lowest BCUT2D eigenvalue weighted by molar-refractivity contribution is -0.131. The van der Waals surface area contributed by atoms with Gasteiger partial charge in [0.15, 0.2) is 0 Å². The highest BCUT2D eigenvalue weighted by Gasteiger charge is 2.03. The molecule has 0 aliphatic rings. The molecule has 0 heterocycles. The van der Waals surface area contributed by atoms with Crippen molar-refractivity contribution in [1.29, 1.82) is 0 Å². The third-order valence-corrected chi connectivity index (χ3v) is 3.42. The van der Waals surface area contributed by atoms with Gasteiger partial charge in [0.25, 0.3) is 0 Å². The second-order valence-corrected chi connectivity index (χ2v) is 5.11. The van der Waals surface area contributed by atoms with Gasteiger partial charge in [-0.1, -0.05) is 17.7 Å². The van der Waals surface area contributed by atoms with Gasteiger partial charge in [-0.3, -0.25) is 0 Å². The van der Waals surface area contributed by atoms with Crippen molar-refractivity contribution in [3.05, 3.63) is 64.2 Å². The summed E-state index contributed by atoms with van der Waals surface area (Å²) < 4.78 is 5.75. The van der Waals surface area contributed by atoms with Crippen LogP contribution >= 0.6 is 11.6 Å². The van der Waals surface area contributed by atoms with Gasteiger partial charge in [-0.15, -0.1) is 0 Å². The summed E-state index contributed by atoms with van der Waals surface area (Å²) in [7, 11) is 0. The summed E-state index contributed by atoms with van der Waals surface area (Å²) in [5.41, 5.74) is 2.99. The molecule has 0 saturated carbocycles. The lowest BCUT2D eigenvalue weighted by Gasteiger charge is -2.09. The van der Waals surface area contributed by atoms with Gasteiger partial charge < -0.3 is 9.84 Å². The Morgan fingerprint density at radius 3 is 2.38 bits per heavy atom. The topological polar surface area (TPSA) is 46.5 Å². The maximum atomic E-state index is 10.5. The van der Waals surface area contributed by atoms with Crippen molar-refractivity contribution in [3.8, 4) is 11.5 Å². The number of carboxylic acid groups (broad SMARTS) is 1. The van der Waals surface area contributed by atoms with E-state index in [0.29, 0.717) is 16.3 Å². The Morgan fingerprint density at radius 2 is 1.76 bits per heavy atom. The summed E-state index contributed by atoms with van der Waals surface area (Å²) in [6.07, 6.45) is 2.50. The van der Waals surface area contributed by atoms with E-state index in [1.54, 1.807) is 18.2 Å². The average Bonchev–Trinajstić information content (AvgIpc) is 2.42. The fourth-order valence-electron chi connectivity index (χ4n) is 1.78. The van der Waals surface area contributed by atoms with E-state index in [1.807, 2.05) is 32.0 Å². The number of aryl methyl sites for hydroxylation is 2. The summed E-state index contributed by atoms with van der Waals surface area (Å²) in [4.78, 5) is 10.5. The molecule has 0 aromatic heterocycles. The Morgan fingerprint density at radius 1 is 1.10 bits per heavy atom. The average molecular weight is 303 g/mol. The highest BCUT2D eigenvalue weighted by atomic mass is 35.5. The van der Waals surface area contributed by atoms with Crippen molar-refractivity contribution in [1.82, 2.24) is 0 Å². The molecule has 21 heavy (non-hydrogen) atoms. The zero-order valence-corrected chi connectivity index (χ0v) is 12.5. The van der Waals surface area contributed by atoms with Crippen LogP contribution in [0.3, 0.4) is 0 Å². The van der Waals surface area contributed by atoms with Gasteiger partial charge in [-0.05, 0) is 66.9 Å². The first kappa shape index (κ1) is 15.1. The molecular weight excluding hydrogens is 288 g/mol. The first-order valence-corrected chi connectivity index (χ1v) is 6.79. The summed E-state index contributed by atoms with van der Waals surface area (Å²) in [6, 6.07) is 11.0. The molecule has 0 amide bonds. The largest absolute Gasteiger partial charge is 0.478 e. The number of aliphatic carboxylic acids is 1. The number of benzene rings is 2. The molecule has 4 heteroatoms. The summed E-state index contributed by atoms with van der Waals surface area (Å²) in [5, 5.41) is 9.05. The Kier molecular flexibility index (Phi) is 4.66. The zero-order valence-electron chi connectivity index (χ0n) is 11.8. The summed E-state index contributed by atoms with van der Waals surface area (Å²) >= 11 is 6.11. The number of carboxylic acids is 1. The van der Waals surface area contributed by atoms with Gasteiger partial charge in [0.2, 0.25) is 0 Å². The lowest BCUT2D eigenvalue weighted by atomic mass is 10.1. The van der Waals surface area contributed by atoms with Crippen LogP contribution in [0.1, 0.15) is 16.7 Å². The quantitative estimate of drug-likeness (QED) is 0.821. The van der Waals surface area contributed by atoms with Gasteiger partial charge >= 0.3 is 5.97 Å². The first-order valence-electron chi connectivity index (χ1n) is 6.41. The zero-order chi connectivity index (χ0) is 15.4. The minimum atomic E-state index is -1.01. The van der Waals surface area contributed by atoms with E-state index >= 15 is 0 Å². The number of rotatable bonds is 4. The summed E-state index contributed by atoms with van der Waals surface area (Å²) in [6.45, 7) is 4.06. The molecule has 2 aromatic rings. The van der Waals surface area contributed by atoms with Crippen molar-refractivity contribution in [2.45, 2.75) is 13.8 Å². The Labute approximate surface area is 128 Å². The molecule has 0 saturated heterocycles. The van der Waals surface area contributed by atoms with E-state index in [0.717, 1.165) is 17.4 Å². The maximum absolute atomic E-state index is 10.5. The van der Waals surface area contributed by atoms with E-state index in [4.69, 9.17) is 21.4 Å². The third kappa shape index (κ3) is 4.10. The van der Waals surface area contributed by atoms with Crippen LogP contribution in [-0.2, 0) is 4.79 Å². The minimum absolute atomic E-state index is 0.439. The first-order chi connectivity index (χ1) is 9.95. The van der Waals surface area contributed by atoms with Gasteiger partial charge in [-0.25, -0.2) is 4.79 Å². The fraction of sp³-hybridized carbons (Fsp3) is 0.118. The van der Waals surface area contributed by atoms with Crippen LogP contribution in [0.15, 0.2) is 42.5 Å². The second kappa shape index (κ2) is 6.46. The second-order valence-electron chi connectivity index (χ2n) is 4.70. The number of hydrogen-bond acceptors (Lipinski definition) is 2. The van der Waals surface area contributed by atoms with Crippen molar-refractivity contribution in [3.63, 3.8) is 0 Å². The number of hydrogen-bond donors (Lipinski definition) is 1. The third-order valence-electron chi connectivity index (χ3n) is 3.09. The lowest BCUT2D eigenvalue weighted by Crippen LogP contribution is -1.89. The van der Waals surface area contributed by atoms with Crippen LogP contribution in [-0.4, -0.2) is 11.1 Å². The van der Waals surface area contributed by atoms with E-state index in [2.05, 4.69) is 0 Å². The van der Waals surface area contributed by atoms with E-state index in [-0.39, 0.29) is 0 Å². The van der Waals surface area contributed by atoms with Crippen LogP contribution in [0.4, 0.5) is 0 Å². The van der Waals surface area contributed by atoms with Gasteiger partial charge in [0, 0.05) is 6.08 Å². The molecular formula is C17H15ClO3. The monoisotopic (exact) mass is 302 g/mol. The molecule has 0 spiro atoms. The Hall–Kier alpha value is -2.26. The number of halogens is 1. The SMILES string of the molecule is Cc1ccc(Oc2ccc(/C=C/C(=O)O)c(Cl)c2)cc1C. The van der Waals surface area contributed by atoms with Crippen LogP contribution in [0.25, 0.3) is 6.08 Å². The Balaban J connectivity index is 2.20. The molecule has 1 N–H and O–H groups in total. The molecule has 0 unspecified atom stereocenters. The fourth-order valence-corrected chi connectivity index (χ4v) is 2.01. The van der Waals surface area contributed by atoms with Crippen LogP contribution < -0.4 is 4.74 Å². The van der Waals surface area contributed by atoms with Crippen molar-refractivity contribution >= 4 is 23.6 Å². The van der Waals surface area contributed by atoms with E-state index < -0.39 is 5.97 Å². The number of ether oxygens (including phenoxy) is 1. The summed E-state index contributed by atoms with van der Waals surface area (Å²) in [5.74, 6) is 0.334. The standard InChI is InChI=1S/C17H15ClO3/c1-11-3-6-14(9-12(11)2)21-15-7-4-13(16(18)10-15)5-8-17(19)20/h3-10H,1-2H3,(H,19,20)/b8-5+. The molecule has 0 radical (unpaired) electrons. The van der Waals surface area contributed by atoms with Crippen molar-refractivity contribution < 1.29 is 14.6 Å². The molecule has 2 rings (SSSR count). The highest BCUT2D eigenvalue weighted by molar-refractivity contribution is 6.32. The van der Waals surface area contributed by atoms with Gasteiger partial charge in [0.1, 0.15) is 11.5 Å². The molecule has 0 aliphatic heterocycles. The molecule has 108 valence electrons. The highest BCUT2D eigenvalue weighted by Crippen LogP contribution is 2.28. The molecule has 0 bridgehead atoms. The normalized spacial score (nSPS) is 10.8. The van der Waals surface area contributed by atoms with Gasteiger partial charge in [-0.2, -0.15) is 0 Å². The van der Waals surface area contributed by atoms with Gasteiger partial charge in [0.05, 0.1) is 5.02 Å². The van der Waals surface area contributed by atoms with E-state index in [1.165, 1.54) is 11.6 Å². The van der Waals surface area contributed by atoms with Crippen molar-refractivity contribution in [2.75, 3.05) is 0 Å². The maximum Gasteiger partial charge on any atom is 0.328 e.